The van der Waals surface area contributed by atoms with Gasteiger partial charge in [-0.25, -0.2) is 0 Å². The summed E-state index contributed by atoms with van der Waals surface area (Å²) in [7, 11) is 1.64. The van der Waals surface area contributed by atoms with Gasteiger partial charge >= 0.3 is 0 Å². The Hall–Kier alpha value is -4.26. The maximum Gasteiger partial charge on any atom is 0.246 e. The maximum absolute atomic E-state index is 14.0. The van der Waals surface area contributed by atoms with Crippen LogP contribution in [0.15, 0.2) is 72.8 Å². The van der Waals surface area contributed by atoms with Gasteiger partial charge in [0.15, 0.2) is 0 Å². The Kier molecular flexibility index (Phi) is 6.27. The molecule has 1 saturated heterocycles. The zero-order valence-corrected chi connectivity index (χ0v) is 21.6. The summed E-state index contributed by atoms with van der Waals surface area (Å²) < 4.78 is 11.2. The Morgan fingerprint density at radius 3 is 2.53 bits per heavy atom. The topological polar surface area (TPSA) is 74.9 Å². The summed E-state index contributed by atoms with van der Waals surface area (Å²) in [6.07, 6.45) is 1.15. The number of nitrogens with zero attached hydrogens (tertiary/aromatic N) is 2. The molecule has 3 aromatic carbocycles. The average Bonchev–Trinajstić information content (AvgIpc) is 3.32. The van der Waals surface area contributed by atoms with Crippen molar-refractivity contribution in [2.75, 3.05) is 26.8 Å². The second-order valence-corrected chi connectivity index (χ2v) is 9.81. The van der Waals surface area contributed by atoms with Gasteiger partial charge in [-0.1, -0.05) is 48.5 Å². The van der Waals surface area contributed by atoms with Crippen molar-refractivity contribution in [1.29, 1.82) is 0 Å². The average molecular weight is 510 g/mol. The second kappa shape index (κ2) is 9.89. The van der Waals surface area contributed by atoms with Crippen molar-refractivity contribution in [3.05, 3.63) is 95.2 Å². The molecule has 38 heavy (non-hydrogen) atoms. The van der Waals surface area contributed by atoms with Crippen LogP contribution in [0.1, 0.15) is 35.3 Å². The Morgan fingerprint density at radius 1 is 0.974 bits per heavy atom. The zero-order chi connectivity index (χ0) is 26.2. The van der Waals surface area contributed by atoms with Crippen LogP contribution in [-0.2, 0) is 22.4 Å². The Labute approximate surface area is 222 Å². The number of hydrogen-bond acceptors (Lipinski definition) is 4. The van der Waals surface area contributed by atoms with Gasteiger partial charge in [-0.05, 0) is 48.7 Å². The molecule has 7 nitrogen and oxygen atoms in total. The molecule has 1 N–H and O–H groups in total. The van der Waals surface area contributed by atoms with E-state index >= 15 is 0 Å². The number of para-hydroxylation sites is 2. The van der Waals surface area contributed by atoms with Gasteiger partial charge in [0.05, 0.1) is 20.3 Å². The van der Waals surface area contributed by atoms with E-state index in [9.17, 15) is 9.59 Å². The van der Waals surface area contributed by atoms with E-state index in [-0.39, 0.29) is 18.4 Å². The van der Waals surface area contributed by atoms with Crippen molar-refractivity contribution in [2.24, 2.45) is 0 Å². The fraction of sp³-hybridized carbons (Fsp3) is 0.290. The van der Waals surface area contributed by atoms with Gasteiger partial charge in [-0.3, -0.25) is 9.59 Å². The molecule has 3 heterocycles. The molecular weight excluding hydrogens is 478 g/mol. The van der Waals surface area contributed by atoms with E-state index in [1.54, 1.807) is 16.9 Å². The van der Waals surface area contributed by atoms with Crippen LogP contribution in [0.4, 0.5) is 0 Å². The largest absolute Gasteiger partial charge is 0.497 e. The van der Waals surface area contributed by atoms with Crippen LogP contribution in [0.25, 0.3) is 10.9 Å². The number of hydrogen-bond donors (Lipinski definition) is 1. The van der Waals surface area contributed by atoms with Gasteiger partial charge in [0.25, 0.3) is 0 Å². The quantitative estimate of drug-likeness (QED) is 0.398. The lowest BCUT2D eigenvalue weighted by Crippen LogP contribution is -2.63. The van der Waals surface area contributed by atoms with Crippen molar-refractivity contribution >= 4 is 22.7 Å². The number of fused-ring (bicyclic) bond motifs is 4. The van der Waals surface area contributed by atoms with Crippen molar-refractivity contribution < 1.29 is 19.1 Å². The smallest absolute Gasteiger partial charge is 0.246 e. The molecule has 0 bridgehead atoms. The van der Waals surface area contributed by atoms with E-state index in [0.717, 1.165) is 44.8 Å². The highest BCUT2D eigenvalue weighted by Gasteiger charge is 2.48. The number of piperazine rings is 1. The monoisotopic (exact) mass is 509 g/mol. The third kappa shape index (κ3) is 4.08. The first kappa shape index (κ1) is 24.1. The van der Waals surface area contributed by atoms with Gasteiger partial charge in [0.1, 0.15) is 23.6 Å². The molecule has 0 unspecified atom stereocenters. The lowest BCUT2D eigenvalue weighted by Gasteiger charge is -2.47. The molecule has 2 amide bonds. The predicted octanol–water partition coefficient (Wildman–Crippen LogP) is 4.50. The molecule has 0 radical (unpaired) electrons. The molecule has 7 heteroatoms. The molecular formula is C31H31N3O4. The molecule has 2 aliphatic heterocycles. The Balaban J connectivity index is 1.38. The highest BCUT2D eigenvalue weighted by Crippen LogP contribution is 2.44. The summed E-state index contributed by atoms with van der Waals surface area (Å²) in [5, 5.41) is 1.09. The van der Waals surface area contributed by atoms with Gasteiger partial charge < -0.3 is 24.3 Å². The van der Waals surface area contributed by atoms with Gasteiger partial charge in [-0.15, -0.1) is 0 Å². The molecule has 0 saturated carbocycles. The van der Waals surface area contributed by atoms with E-state index < -0.39 is 12.1 Å². The molecule has 1 fully saturated rings. The van der Waals surface area contributed by atoms with E-state index in [2.05, 4.69) is 11.1 Å². The van der Waals surface area contributed by atoms with Crippen LogP contribution in [-0.4, -0.2) is 59.4 Å². The number of ether oxygens (including phenoxy) is 2. The number of benzene rings is 3. The van der Waals surface area contributed by atoms with Crippen molar-refractivity contribution in [3.63, 3.8) is 0 Å². The van der Waals surface area contributed by atoms with Crippen molar-refractivity contribution in [1.82, 2.24) is 14.8 Å². The summed E-state index contributed by atoms with van der Waals surface area (Å²) >= 11 is 0. The lowest BCUT2D eigenvalue weighted by atomic mass is 9.86. The molecule has 6 rings (SSSR count). The first-order valence-electron chi connectivity index (χ1n) is 13.1. The molecule has 4 aromatic rings. The molecule has 2 aliphatic rings. The first-order chi connectivity index (χ1) is 18.6. The van der Waals surface area contributed by atoms with Crippen LogP contribution in [0.2, 0.25) is 0 Å². The van der Waals surface area contributed by atoms with Crippen LogP contribution in [0.5, 0.6) is 11.5 Å². The van der Waals surface area contributed by atoms with Crippen molar-refractivity contribution in [2.45, 2.75) is 31.8 Å². The van der Waals surface area contributed by atoms with Crippen LogP contribution >= 0.6 is 0 Å². The predicted molar refractivity (Wildman–Crippen MR) is 145 cm³/mol. The normalized spacial score (nSPS) is 18.9. The second-order valence-electron chi connectivity index (χ2n) is 9.81. The first-order valence-corrected chi connectivity index (χ1v) is 13.1. The lowest BCUT2D eigenvalue weighted by molar-refractivity contribution is -0.158. The minimum absolute atomic E-state index is 0.00654. The maximum atomic E-state index is 14.0. The number of carbonyl (C=O) groups excluding carboxylic acids is 2. The minimum atomic E-state index is -0.571. The van der Waals surface area contributed by atoms with Gasteiger partial charge in [-0.2, -0.15) is 0 Å². The third-order valence-electron chi connectivity index (χ3n) is 7.69. The number of nitrogens with one attached hydrogen (secondary N) is 1. The van der Waals surface area contributed by atoms with Gasteiger partial charge in [0, 0.05) is 35.1 Å². The molecule has 1 aromatic heterocycles. The zero-order valence-electron chi connectivity index (χ0n) is 21.6. The summed E-state index contributed by atoms with van der Waals surface area (Å²) in [5.41, 5.74) is 5.05. The standard InChI is InChI=1S/C31H31N3O4/c1-3-38-27-11-7-5-9-23(27)30-29-24(22-8-4-6-10-25(22)32-29)18-26-31(36)33(19-28(35)34(26)30)17-16-20-12-14-21(37-2)15-13-20/h4-15,26,30,32H,3,16-19H2,1-2H3/t26-,30+/m0/s1. The summed E-state index contributed by atoms with van der Waals surface area (Å²) in [4.78, 5) is 34.9. The number of H-pyrrole nitrogens is 1. The van der Waals surface area contributed by atoms with E-state index in [1.165, 1.54) is 0 Å². The number of amides is 2. The van der Waals surface area contributed by atoms with E-state index in [4.69, 9.17) is 9.47 Å². The summed E-state index contributed by atoms with van der Waals surface area (Å²) in [6, 6.07) is 22.8. The van der Waals surface area contributed by atoms with Gasteiger partial charge in [0.2, 0.25) is 11.8 Å². The number of aromatic amines is 1. The van der Waals surface area contributed by atoms with Crippen molar-refractivity contribution in [3.8, 4) is 11.5 Å². The molecule has 2 atom stereocenters. The van der Waals surface area contributed by atoms with Crippen LogP contribution in [0, 0.1) is 0 Å². The summed E-state index contributed by atoms with van der Waals surface area (Å²) in [6.45, 7) is 3.01. The fourth-order valence-electron chi connectivity index (χ4n) is 5.89. The number of methoxy groups -OCH3 is 1. The highest BCUT2D eigenvalue weighted by molar-refractivity contribution is 5.97. The Morgan fingerprint density at radius 2 is 1.74 bits per heavy atom. The number of aromatic nitrogens is 1. The fourth-order valence-corrected chi connectivity index (χ4v) is 5.89. The SMILES string of the molecule is CCOc1ccccc1[C@@H]1c2[nH]c3ccccc3c2C[C@H]2C(=O)N(CCc3ccc(OC)cc3)CC(=O)N12. The molecule has 0 spiro atoms. The van der Waals surface area contributed by atoms with Crippen LogP contribution < -0.4 is 9.47 Å². The number of carbonyl (C=O) groups is 2. The van der Waals surface area contributed by atoms with E-state index in [1.807, 2.05) is 73.7 Å². The summed E-state index contributed by atoms with van der Waals surface area (Å²) in [5.74, 6) is 1.47. The number of rotatable bonds is 7. The van der Waals surface area contributed by atoms with Crippen LogP contribution in [0.3, 0.4) is 0 Å². The molecule has 0 aliphatic carbocycles. The Bertz CT molecular complexity index is 1490. The van der Waals surface area contributed by atoms with E-state index in [0.29, 0.717) is 26.0 Å². The molecule has 194 valence electrons. The third-order valence-corrected chi connectivity index (χ3v) is 7.69. The highest BCUT2D eigenvalue weighted by atomic mass is 16.5. The minimum Gasteiger partial charge on any atom is -0.497 e.